The van der Waals surface area contributed by atoms with E-state index in [9.17, 15) is 0 Å². The van der Waals surface area contributed by atoms with Gasteiger partial charge in [-0.05, 0) is 55.1 Å². The van der Waals surface area contributed by atoms with Gasteiger partial charge in [0.25, 0.3) is 0 Å². The quantitative estimate of drug-likeness (QED) is 0.745. The molecule has 2 aliphatic rings. The number of aromatic nitrogens is 1. The number of fused-ring (bicyclic) bond motifs is 1. The van der Waals surface area contributed by atoms with Crippen molar-refractivity contribution in [2.45, 2.75) is 77.8 Å². The first-order valence-electron chi connectivity index (χ1n) is 8.41. The predicted octanol–water partition coefficient (Wildman–Crippen LogP) is 4.60. The number of hydrogen-bond donors (Lipinski definition) is 1. The zero-order valence-corrected chi connectivity index (χ0v) is 13.4. The van der Waals surface area contributed by atoms with Gasteiger partial charge in [0.1, 0.15) is 0 Å². The van der Waals surface area contributed by atoms with Crippen molar-refractivity contribution >= 4 is 0 Å². The molecule has 1 aromatic heterocycles. The highest BCUT2D eigenvalue weighted by Crippen LogP contribution is 2.42. The zero-order chi connectivity index (χ0) is 14.3. The summed E-state index contributed by atoms with van der Waals surface area (Å²) in [5.41, 5.74) is 9.71. The summed E-state index contributed by atoms with van der Waals surface area (Å²) >= 11 is 0. The fourth-order valence-corrected chi connectivity index (χ4v) is 4.35. The highest BCUT2D eigenvalue weighted by molar-refractivity contribution is 5.30. The Morgan fingerprint density at radius 3 is 2.80 bits per heavy atom. The van der Waals surface area contributed by atoms with Crippen molar-refractivity contribution in [3.05, 3.63) is 23.5 Å². The molecule has 0 spiro atoms. The van der Waals surface area contributed by atoms with Crippen molar-refractivity contribution in [2.75, 3.05) is 0 Å². The first kappa shape index (κ1) is 14.2. The van der Waals surface area contributed by atoms with Crippen LogP contribution in [0.15, 0.2) is 12.3 Å². The normalized spacial score (nSPS) is 33.5. The first-order valence-corrected chi connectivity index (χ1v) is 8.41. The molecule has 0 saturated heterocycles. The predicted molar refractivity (Wildman–Crippen MR) is 84.7 cm³/mol. The Morgan fingerprint density at radius 1 is 1.20 bits per heavy atom. The van der Waals surface area contributed by atoms with Crippen molar-refractivity contribution in [1.29, 1.82) is 0 Å². The van der Waals surface area contributed by atoms with E-state index in [2.05, 4.69) is 37.6 Å². The molecule has 20 heavy (non-hydrogen) atoms. The van der Waals surface area contributed by atoms with Gasteiger partial charge in [-0.15, -0.1) is 0 Å². The molecule has 0 bridgehead atoms. The summed E-state index contributed by atoms with van der Waals surface area (Å²) in [5, 5.41) is 0. The van der Waals surface area contributed by atoms with Crippen molar-refractivity contribution in [1.82, 2.24) is 4.57 Å². The molecule has 1 saturated carbocycles. The molecule has 0 aliphatic heterocycles. The maximum Gasteiger partial charge on any atom is 0.0333 e. The number of nitrogens with two attached hydrogens (primary N) is 1. The minimum atomic E-state index is 0.236. The Kier molecular flexibility index (Phi) is 3.70. The maximum atomic E-state index is 6.40. The van der Waals surface area contributed by atoms with E-state index in [1.807, 2.05) is 0 Å². The van der Waals surface area contributed by atoms with Gasteiger partial charge in [-0.3, -0.25) is 0 Å². The van der Waals surface area contributed by atoms with Crippen LogP contribution in [0.3, 0.4) is 0 Å². The van der Waals surface area contributed by atoms with Gasteiger partial charge in [0.15, 0.2) is 0 Å². The first-order chi connectivity index (χ1) is 9.46. The molecule has 0 aromatic carbocycles. The van der Waals surface area contributed by atoms with Crippen LogP contribution in [-0.4, -0.2) is 4.57 Å². The molecular formula is C18H30N2. The van der Waals surface area contributed by atoms with E-state index in [0.29, 0.717) is 11.5 Å². The van der Waals surface area contributed by atoms with E-state index in [1.165, 1.54) is 49.8 Å². The summed E-state index contributed by atoms with van der Waals surface area (Å²) in [6.45, 7) is 7.14. The minimum absolute atomic E-state index is 0.236. The van der Waals surface area contributed by atoms with Gasteiger partial charge in [-0.25, -0.2) is 0 Å². The van der Waals surface area contributed by atoms with Crippen molar-refractivity contribution in [3.63, 3.8) is 0 Å². The Hall–Kier alpha value is -0.760. The molecule has 1 aromatic rings. The lowest BCUT2D eigenvalue weighted by Crippen LogP contribution is -2.31. The highest BCUT2D eigenvalue weighted by atomic mass is 15.0. The van der Waals surface area contributed by atoms with Gasteiger partial charge >= 0.3 is 0 Å². The average molecular weight is 274 g/mol. The van der Waals surface area contributed by atoms with Gasteiger partial charge in [-0.2, -0.15) is 0 Å². The third kappa shape index (κ3) is 2.67. The Bertz CT molecular complexity index is 472. The van der Waals surface area contributed by atoms with E-state index in [0.717, 1.165) is 12.3 Å². The maximum absolute atomic E-state index is 6.40. The molecule has 3 atom stereocenters. The van der Waals surface area contributed by atoms with Crippen LogP contribution >= 0.6 is 0 Å². The van der Waals surface area contributed by atoms with Gasteiger partial charge in [0, 0.05) is 24.0 Å². The van der Waals surface area contributed by atoms with Crippen LogP contribution in [-0.2, 0) is 6.42 Å². The minimum Gasteiger partial charge on any atom is -0.348 e. The molecule has 3 rings (SSSR count). The molecular weight excluding hydrogens is 244 g/mol. The van der Waals surface area contributed by atoms with Gasteiger partial charge < -0.3 is 10.3 Å². The van der Waals surface area contributed by atoms with E-state index in [4.69, 9.17) is 5.73 Å². The molecule has 1 fully saturated rings. The number of rotatable bonds is 1. The van der Waals surface area contributed by atoms with Crippen LogP contribution in [0, 0.1) is 11.3 Å². The lowest BCUT2D eigenvalue weighted by Gasteiger charge is -2.35. The van der Waals surface area contributed by atoms with E-state index in [-0.39, 0.29) is 6.04 Å². The molecule has 2 aliphatic carbocycles. The molecule has 0 amide bonds. The second kappa shape index (κ2) is 5.22. The topological polar surface area (TPSA) is 30.9 Å². The monoisotopic (exact) mass is 274 g/mol. The van der Waals surface area contributed by atoms with Crippen molar-refractivity contribution in [3.8, 4) is 0 Å². The van der Waals surface area contributed by atoms with Crippen LogP contribution < -0.4 is 5.73 Å². The van der Waals surface area contributed by atoms with Crippen LogP contribution in [0.25, 0.3) is 0 Å². The summed E-state index contributed by atoms with van der Waals surface area (Å²) in [6, 6.07) is 3.24. The Morgan fingerprint density at radius 2 is 2.00 bits per heavy atom. The largest absolute Gasteiger partial charge is 0.348 e. The second-order valence-corrected chi connectivity index (χ2v) is 8.04. The summed E-state index contributed by atoms with van der Waals surface area (Å²) in [4.78, 5) is 0. The van der Waals surface area contributed by atoms with E-state index < -0.39 is 0 Å². The molecule has 0 radical (unpaired) electrons. The van der Waals surface area contributed by atoms with Crippen LogP contribution in [0.1, 0.15) is 82.6 Å². The Labute approximate surface area is 123 Å². The lowest BCUT2D eigenvalue weighted by molar-refractivity contribution is 0.269. The van der Waals surface area contributed by atoms with Gasteiger partial charge in [0.05, 0.1) is 0 Å². The molecule has 3 unspecified atom stereocenters. The molecule has 2 nitrogen and oxygen atoms in total. The van der Waals surface area contributed by atoms with Crippen LogP contribution in [0.5, 0.6) is 0 Å². The Balaban J connectivity index is 1.88. The molecule has 1 heterocycles. The fraction of sp³-hybridized carbons (Fsp3) is 0.778. The summed E-state index contributed by atoms with van der Waals surface area (Å²) in [6.07, 6.45) is 11.5. The number of hydrogen-bond acceptors (Lipinski definition) is 1. The van der Waals surface area contributed by atoms with Crippen molar-refractivity contribution < 1.29 is 0 Å². The second-order valence-electron chi connectivity index (χ2n) is 8.04. The van der Waals surface area contributed by atoms with Crippen LogP contribution in [0.2, 0.25) is 0 Å². The summed E-state index contributed by atoms with van der Waals surface area (Å²) < 4.78 is 2.59. The SMILES string of the molecule is CC1CCCC(n2ccc3c2CC(C)(C)CC3N)CC1. The van der Waals surface area contributed by atoms with E-state index in [1.54, 1.807) is 0 Å². The van der Waals surface area contributed by atoms with Crippen LogP contribution in [0.4, 0.5) is 0 Å². The number of nitrogens with zero attached hydrogens (tertiary/aromatic N) is 1. The highest BCUT2D eigenvalue weighted by Gasteiger charge is 2.33. The van der Waals surface area contributed by atoms with Crippen molar-refractivity contribution in [2.24, 2.45) is 17.1 Å². The average Bonchev–Trinajstić information content (AvgIpc) is 2.64. The molecule has 112 valence electrons. The summed E-state index contributed by atoms with van der Waals surface area (Å²) in [5.74, 6) is 0.907. The van der Waals surface area contributed by atoms with Gasteiger partial charge in [0.2, 0.25) is 0 Å². The summed E-state index contributed by atoms with van der Waals surface area (Å²) in [7, 11) is 0. The zero-order valence-electron chi connectivity index (χ0n) is 13.4. The molecule has 2 heteroatoms. The standard InChI is InChI=1S/C18H30N2/c1-13-5-4-6-14(8-7-13)20-10-9-15-16(19)11-18(2,3)12-17(15)20/h9-10,13-14,16H,4-8,11-12,19H2,1-3H3. The van der Waals surface area contributed by atoms with Gasteiger partial charge in [-0.1, -0.05) is 33.6 Å². The third-order valence-corrected chi connectivity index (χ3v) is 5.50. The molecule has 2 N–H and O–H groups in total. The smallest absolute Gasteiger partial charge is 0.0333 e. The third-order valence-electron chi connectivity index (χ3n) is 5.50. The lowest BCUT2D eigenvalue weighted by atomic mass is 9.74. The van der Waals surface area contributed by atoms with E-state index >= 15 is 0 Å². The fourth-order valence-electron chi connectivity index (χ4n) is 4.35.